The molecule has 1 heterocycles. The van der Waals surface area contributed by atoms with Gasteiger partial charge in [0.1, 0.15) is 11.8 Å². The third-order valence-electron chi connectivity index (χ3n) is 5.41. The highest BCUT2D eigenvalue weighted by Crippen LogP contribution is 2.15. The number of carbonyl (C=O) groups excluding carboxylic acids is 1. The summed E-state index contributed by atoms with van der Waals surface area (Å²) in [4.78, 5) is 15.6. The molecule has 174 valence electrons. The number of pyridine rings is 1. The zero-order chi connectivity index (χ0) is 22.7. The van der Waals surface area contributed by atoms with Crippen molar-refractivity contribution in [2.24, 2.45) is 0 Å². The van der Waals surface area contributed by atoms with Crippen LogP contribution in [0.2, 0.25) is 0 Å². The Balaban J connectivity index is 2.21. The van der Waals surface area contributed by atoms with Crippen LogP contribution in [-0.2, 0) is 4.79 Å². The molecule has 0 bridgehead atoms. The standard InChI is InChI=1S/C26H42N2O3/c1-3-4-5-6-7-8-9-10-11-12-13-14-15-16-18-23-19-17-20-24(28-23)26(31)25(21-29)27-22(2)30/h17,19-20,25-26,29,31H,3-15,21H2,1-2H3,(H,27,30). The van der Waals surface area contributed by atoms with Crippen LogP contribution in [0.25, 0.3) is 0 Å². The average Bonchev–Trinajstić information content (AvgIpc) is 2.77. The molecule has 0 spiro atoms. The van der Waals surface area contributed by atoms with Crippen LogP contribution in [0.3, 0.4) is 0 Å². The highest BCUT2D eigenvalue weighted by Gasteiger charge is 2.22. The van der Waals surface area contributed by atoms with Crippen molar-refractivity contribution < 1.29 is 15.0 Å². The molecule has 0 aliphatic heterocycles. The Morgan fingerprint density at radius 3 is 2.13 bits per heavy atom. The molecular weight excluding hydrogens is 388 g/mol. The monoisotopic (exact) mass is 430 g/mol. The smallest absolute Gasteiger partial charge is 0.217 e. The zero-order valence-corrected chi connectivity index (χ0v) is 19.5. The number of hydrogen-bond donors (Lipinski definition) is 3. The fourth-order valence-electron chi connectivity index (χ4n) is 3.58. The minimum absolute atomic E-state index is 0.309. The quantitative estimate of drug-likeness (QED) is 0.253. The molecule has 1 rings (SSSR count). The van der Waals surface area contributed by atoms with E-state index in [0.717, 1.165) is 12.8 Å². The lowest BCUT2D eigenvalue weighted by Crippen LogP contribution is -2.41. The molecule has 2 unspecified atom stereocenters. The summed E-state index contributed by atoms with van der Waals surface area (Å²) in [6, 6.07) is 4.47. The first-order valence-electron chi connectivity index (χ1n) is 12.1. The third kappa shape index (κ3) is 13.2. The van der Waals surface area contributed by atoms with E-state index < -0.39 is 12.1 Å². The van der Waals surface area contributed by atoms with Gasteiger partial charge in [0.2, 0.25) is 5.91 Å². The molecule has 1 aromatic rings. The average molecular weight is 431 g/mol. The maximum atomic E-state index is 11.2. The van der Waals surface area contributed by atoms with Crippen molar-refractivity contribution in [1.29, 1.82) is 0 Å². The molecule has 5 heteroatoms. The summed E-state index contributed by atoms with van der Waals surface area (Å²) in [6.07, 6.45) is 15.7. The van der Waals surface area contributed by atoms with Gasteiger partial charge in [-0.25, -0.2) is 4.98 Å². The number of nitrogens with zero attached hydrogens (tertiary/aromatic N) is 1. The second kappa shape index (κ2) is 17.7. The van der Waals surface area contributed by atoms with E-state index in [1.165, 1.54) is 77.6 Å². The van der Waals surface area contributed by atoms with Gasteiger partial charge in [0.25, 0.3) is 0 Å². The first-order chi connectivity index (χ1) is 15.1. The van der Waals surface area contributed by atoms with Gasteiger partial charge in [-0.1, -0.05) is 89.5 Å². The minimum atomic E-state index is -1.08. The number of carbonyl (C=O) groups is 1. The second-order valence-electron chi connectivity index (χ2n) is 8.32. The Hall–Kier alpha value is -1.90. The van der Waals surface area contributed by atoms with E-state index in [9.17, 15) is 15.0 Å². The molecule has 0 fully saturated rings. The van der Waals surface area contributed by atoms with Crippen LogP contribution < -0.4 is 5.32 Å². The third-order valence-corrected chi connectivity index (χ3v) is 5.41. The van der Waals surface area contributed by atoms with Crippen molar-refractivity contribution in [3.63, 3.8) is 0 Å². The van der Waals surface area contributed by atoms with Crippen molar-refractivity contribution in [3.8, 4) is 11.8 Å². The van der Waals surface area contributed by atoms with Crippen LogP contribution in [0.15, 0.2) is 18.2 Å². The van der Waals surface area contributed by atoms with Gasteiger partial charge >= 0.3 is 0 Å². The highest BCUT2D eigenvalue weighted by molar-refractivity contribution is 5.73. The molecule has 0 aliphatic rings. The van der Waals surface area contributed by atoms with Gasteiger partial charge in [-0.2, -0.15) is 0 Å². The summed E-state index contributed by atoms with van der Waals surface area (Å²) >= 11 is 0. The molecule has 0 aromatic carbocycles. The van der Waals surface area contributed by atoms with Crippen molar-refractivity contribution >= 4 is 5.91 Å². The molecule has 0 aliphatic carbocycles. The summed E-state index contributed by atoms with van der Waals surface area (Å²) in [5, 5.41) is 22.3. The summed E-state index contributed by atoms with van der Waals surface area (Å²) < 4.78 is 0. The van der Waals surface area contributed by atoms with Crippen molar-refractivity contribution in [3.05, 3.63) is 29.6 Å². The molecule has 0 saturated carbocycles. The fourth-order valence-corrected chi connectivity index (χ4v) is 3.58. The van der Waals surface area contributed by atoms with Crippen LogP contribution in [0.1, 0.15) is 115 Å². The maximum Gasteiger partial charge on any atom is 0.217 e. The Bertz CT molecular complexity index is 666. The predicted molar refractivity (Wildman–Crippen MR) is 126 cm³/mol. The lowest BCUT2D eigenvalue weighted by atomic mass is 10.0. The number of hydrogen-bond acceptors (Lipinski definition) is 4. The van der Waals surface area contributed by atoms with Gasteiger partial charge in [-0.3, -0.25) is 4.79 Å². The van der Waals surface area contributed by atoms with Crippen LogP contribution in [0.4, 0.5) is 0 Å². The second-order valence-corrected chi connectivity index (χ2v) is 8.32. The van der Waals surface area contributed by atoms with Gasteiger partial charge in [0.05, 0.1) is 18.3 Å². The van der Waals surface area contributed by atoms with E-state index in [2.05, 4.69) is 29.1 Å². The Morgan fingerprint density at radius 2 is 1.58 bits per heavy atom. The molecule has 0 radical (unpaired) electrons. The first-order valence-corrected chi connectivity index (χ1v) is 12.1. The number of amides is 1. The lowest BCUT2D eigenvalue weighted by molar-refractivity contribution is -0.121. The Labute approximate surface area is 189 Å². The number of nitrogens with one attached hydrogen (secondary N) is 1. The number of aromatic nitrogens is 1. The van der Waals surface area contributed by atoms with Gasteiger partial charge in [0, 0.05) is 13.3 Å². The van der Waals surface area contributed by atoms with Crippen LogP contribution >= 0.6 is 0 Å². The van der Waals surface area contributed by atoms with Crippen molar-refractivity contribution in [2.75, 3.05) is 6.61 Å². The molecule has 0 saturated heterocycles. The van der Waals surface area contributed by atoms with E-state index in [0.29, 0.717) is 11.4 Å². The zero-order valence-electron chi connectivity index (χ0n) is 19.5. The fraction of sp³-hybridized carbons (Fsp3) is 0.692. The molecule has 2 atom stereocenters. The summed E-state index contributed by atoms with van der Waals surface area (Å²) in [7, 11) is 0. The minimum Gasteiger partial charge on any atom is -0.394 e. The molecule has 1 aromatic heterocycles. The van der Waals surface area contributed by atoms with Gasteiger partial charge in [-0.05, 0) is 24.5 Å². The molecular formula is C26H42N2O3. The normalized spacial score (nSPS) is 12.6. The SMILES string of the molecule is CCCCCCCCCCCCCCC#Cc1cccc(C(O)C(CO)NC(C)=O)n1. The predicted octanol–water partition coefficient (Wildman–Crippen LogP) is 5.05. The van der Waals surface area contributed by atoms with E-state index in [-0.39, 0.29) is 12.5 Å². The van der Waals surface area contributed by atoms with E-state index >= 15 is 0 Å². The van der Waals surface area contributed by atoms with Crippen molar-refractivity contribution in [2.45, 2.75) is 109 Å². The topological polar surface area (TPSA) is 82.5 Å². The van der Waals surface area contributed by atoms with E-state index in [1.54, 1.807) is 18.2 Å². The maximum absolute atomic E-state index is 11.2. The van der Waals surface area contributed by atoms with Crippen LogP contribution in [-0.4, -0.2) is 33.8 Å². The molecule has 1 amide bonds. The van der Waals surface area contributed by atoms with Gasteiger partial charge in [0.15, 0.2) is 0 Å². The number of aliphatic hydroxyl groups is 2. The summed E-state index contributed by atoms with van der Waals surface area (Å²) in [5.74, 6) is 5.91. The first kappa shape index (κ1) is 27.1. The number of rotatable bonds is 16. The van der Waals surface area contributed by atoms with Gasteiger partial charge < -0.3 is 15.5 Å². The number of aliphatic hydroxyl groups excluding tert-OH is 2. The van der Waals surface area contributed by atoms with E-state index in [1.807, 2.05) is 0 Å². The molecule has 3 N–H and O–H groups in total. The van der Waals surface area contributed by atoms with Gasteiger partial charge in [-0.15, -0.1) is 0 Å². The van der Waals surface area contributed by atoms with E-state index in [4.69, 9.17) is 0 Å². The largest absolute Gasteiger partial charge is 0.394 e. The number of unbranched alkanes of at least 4 members (excludes halogenated alkanes) is 12. The lowest BCUT2D eigenvalue weighted by Gasteiger charge is -2.21. The van der Waals surface area contributed by atoms with Crippen LogP contribution in [0.5, 0.6) is 0 Å². The molecule has 31 heavy (non-hydrogen) atoms. The van der Waals surface area contributed by atoms with Crippen molar-refractivity contribution in [1.82, 2.24) is 10.3 Å². The highest BCUT2D eigenvalue weighted by atomic mass is 16.3. The Morgan fingerprint density at radius 1 is 1.00 bits per heavy atom. The van der Waals surface area contributed by atoms with Crippen LogP contribution in [0, 0.1) is 11.8 Å². The molecule has 5 nitrogen and oxygen atoms in total. The summed E-state index contributed by atoms with van der Waals surface area (Å²) in [6.45, 7) is 3.25. The summed E-state index contributed by atoms with van der Waals surface area (Å²) in [5.41, 5.74) is 0.986. The Kier molecular flexibility index (Phi) is 15.5.